The molecule has 0 aliphatic rings. The zero-order valence-corrected chi connectivity index (χ0v) is 10.9. The highest BCUT2D eigenvalue weighted by atomic mass is 32.2. The van der Waals surface area contributed by atoms with E-state index in [1.165, 1.54) is 24.3 Å². The number of nitrogens with one attached hydrogen (secondary N) is 1. The summed E-state index contributed by atoms with van der Waals surface area (Å²) in [7, 11) is -4.11. The fourth-order valence-corrected chi connectivity index (χ4v) is 2.69. The zero-order valence-electron chi connectivity index (χ0n) is 10.0. The number of hydrogen-bond donors (Lipinski definition) is 2. The number of anilines is 1. The summed E-state index contributed by atoms with van der Waals surface area (Å²) in [5.41, 5.74) is 0.578. The number of benzene rings is 2. The molecule has 0 saturated carbocycles. The van der Waals surface area contributed by atoms with E-state index in [-0.39, 0.29) is 5.69 Å². The number of hydrogen-bond acceptors (Lipinski definition) is 4. The fourth-order valence-electron chi connectivity index (χ4n) is 1.53. The van der Waals surface area contributed by atoms with Gasteiger partial charge in [-0.15, -0.1) is 0 Å². The minimum atomic E-state index is -4.11. The van der Waals surface area contributed by atoms with Gasteiger partial charge in [0.05, 0.1) is 11.6 Å². The smallest absolute Gasteiger partial charge is 0.265 e. The average molecular weight is 292 g/mol. The minimum absolute atomic E-state index is 0.202. The van der Waals surface area contributed by atoms with Gasteiger partial charge in [0, 0.05) is 5.69 Å². The summed E-state index contributed by atoms with van der Waals surface area (Å²) in [4.78, 5) is -0.554. The van der Waals surface area contributed by atoms with Crippen molar-refractivity contribution in [2.24, 2.45) is 0 Å². The summed E-state index contributed by atoms with van der Waals surface area (Å²) in [6.45, 7) is 0. The predicted molar refractivity (Wildman–Crippen MR) is 70.0 cm³/mol. The van der Waals surface area contributed by atoms with Crippen LogP contribution in [0, 0.1) is 17.1 Å². The molecule has 0 amide bonds. The molecule has 0 atom stereocenters. The third-order valence-corrected chi connectivity index (χ3v) is 3.89. The molecule has 0 radical (unpaired) electrons. The Kier molecular flexibility index (Phi) is 3.59. The molecule has 5 nitrogen and oxygen atoms in total. The Hall–Kier alpha value is -2.59. The third-order valence-electron chi connectivity index (χ3n) is 2.48. The van der Waals surface area contributed by atoms with Crippen molar-refractivity contribution in [3.05, 3.63) is 53.8 Å². The molecule has 0 aliphatic heterocycles. The second-order valence-electron chi connectivity index (χ2n) is 3.91. The molecule has 0 heterocycles. The predicted octanol–water partition coefficient (Wildman–Crippen LogP) is 2.20. The van der Waals surface area contributed by atoms with Crippen molar-refractivity contribution in [2.45, 2.75) is 4.90 Å². The zero-order chi connectivity index (χ0) is 14.8. The molecule has 2 rings (SSSR count). The van der Waals surface area contributed by atoms with E-state index < -0.39 is 26.5 Å². The van der Waals surface area contributed by atoms with Crippen LogP contribution < -0.4 is 4.72 Å². The number of phenolic OH excluding ortho intramolecular Hbond substituents is 1. The lowest BCUT2D eigenvalue weighted by Gasteiger charge is -2.09. The molecule has 0 spiro atoms. The molecule has 20 heavy (non-hydrogen) atoms. The van der Waals surface area contributed by atoms with Crippen LogP contribution in [0.25, 0.3) is 0 Å². The monoisotopic (exact) mass is 292 g/mol. The van der Waals surface area contributed by atoms with Crippen LogP contribution in [0.4, 0.5) is 10.1 Å². The lowest BCUT2D eigenvalue weighted by atomic mass is 10.2. The maximum absolute atomic E-state index is 13.1. The minimum Gasteiger partial charge on any atom is -0.507 e. The normalized spacial score (nSPS) is 10.8. The number of nitriles is 1. The van der Waals surface area contributed by atoms with Crippen molar-refractivity contribution >= 4 is 15.7 Å². The first kappa shape index (κ1) is 13.8. The highest BCUT2D eigenvalue weighted by Crippen LogP contribution is 2.25. The van der Waals surface area contributed by atoms with Gasteiger partial charge < -0.3 is 5.11 Å². The third kappa shape index (κ3) is 2.87. The van der Waals surface area contributed by atoms with Gasteiger partial charge in [-0.25, -0.2) is 12.8 Å². The van der Waals surface area contributed by atoms with Crippen molar-refractivity contribution in [3.8, 4) is 11.8 Å². The first-order chi connectivity index (χ1) is 9.42. The van der Waals surface area contributed by atoms with E-state index >= 15 is 0 Å². The maximum atomic E-state index is 13.1. The summed E-state index contributed by atoms with van der Waals surface area (Å²) in [5.74, 6) is -1.32. The highest BCUT2D eigenvalue weighted by molar-refractivity contribution is 7.92. The van der Waals surface area contributed by atoms with E-state index in [2.05, 4.69) is 4.72 Å². The van der Waals surface area contributed by atoms with Gasteiger partial charge >= 0.3 is 0 Å². The molecule has 7 heteroatoms. The quantitative estimate of drug-likeness (QED) is 0.907. The van der Waals surface area contributed by atoms with Gasteiger partial charge in [-0.2, -0.15) is 5.26 Å². The molecule has 0 bridgehead atoms. The summed E-state index contributed by atoms with van der Waals surface area (Å²) in [6.07, 6.45) is 0. The summed E-state index contributed by atoms with van der Waals surface area (Å²) in [5, 5.41) is 18.1. The Morgan fingerprint density at radius 2 is 1.80 bits per heavy atom. The van der Waals surface area contributed by atoms with Crippen LogP contribution in [0.3, 0.4) is 0 Å². The lowest BCUT2D eigenvalue weighted by molar-refractivity contribution is 0.455. The van der Waals surface area contributed by atoms with Crippen molar-refractivity contribution in [3.63, 3.8) is 0 Å². The lowest BCUT2D eigenvalue weighted by Crippen LogP contribution is -2.13. The van der Waals surface area contributed by atoms with Crippen molar-refractivity contribution < 1.29 is 17.9 Å². The van der Waals surface area contributed by atoms with Gasteiger partial charge in [0.2, 0.25) is 0 Å². The van der Waals surface area contributed by atoms with E-state index in [1.807, 2.05) is 6.07 Å². The molecule has 0 aliphatic carbocycles. The molecule has 2 aromatic carbocycles. The first-order valence-electron chi connectivity index (χ1n) is 5.44. The van der Waals surface area contributed by atoms with Gasteiger partial charge in [0.25, 0.3) is 10.0 Å². The number of rotatable bonds is 3. The second-order valence-corrected chi connectivity index (χ2v) is 5.56. The molecule has 0 fully saturated rings. The molecular weight excluding hydrogens is 283 g/mol. The summed E-state index contributed by atoms with van der Waals surface area (Å²) in [6, 6.07) is 10.2. The van der Waals surface area contributed by atoms with Crippen LogP contribution in [0.5, 0.6) is 5.75 Å². The van der Waals surface area contributed by atoms with Crippen molar-refractivity contribution in [2.75, 3.05) is 4.72 Å². The largest absolute Gasteiger partial charge is 0.507 e. The Balaban J connectivity index is 2.35. The average Bonchev–Trinajstić information content (AvgIpc) is 2.42. The van der Waals surface area contributed by atoms with Crippen LogP contribution in [0.15, 0.2) is 47.4 Å². The van der Waals surface area contributed by atoms with Gasteiger partial charge in [0.1, 0.15) is 16.5 Å². The molecule has 2 N–H and O–H groups in total. The van der Waals surface area contributed by atoms with E-state index in [9.17, 15) is 17.9 Å². The highest BCUT2D eigenvalue weighted by Gasteiger charge is 2.19. The van der Waals surface area contributed by atoms with E-state index in [4.69, 9.17) is 5.26 Å². The Bertz CT molecular complexity index is 780. The SMILES string of the molecule is N#Cc1ccc(NS(=O)(=O)c2cc(F)ccc2O)cc1. The maximum Gasteiger partial charge on any atom is 0.265 e. The number of halogens is 1. The number of nitrogens with zero attached hydrogens (tertiary/aromatic N) is 1. The number of aromatic hydroxyl groups is 1. The van der Waals surface area contributed by atoms with Crippen LogP contribution >= 0.6 is 0 Å². The van der Waals surface area contributed by atoms with Gasteiger partial charge in [-0.05, 0) is 42.5 Å². The van der Waals surface area contributed by atoms with Gasteiger partial charge in [-0.3, -0.25) is 4.72 Å². The first-order valence-corrected chi connectivity index (χ1v) is 6.92. The molecule has 0 aromatic heterocycles. The van der Waals surface area contributed by atoms with Gasteiger partial charge in [0.15, 0.2) is 0 Å². The van der Waals surface area contributed by atoms with E-state index in [0.29, 0.717) is 5.56 Å². The number of phenols is 1. The fraction of sp³-hybridized carbons (Fsp3) is 0. The van der Waals surface area contributed by atoms with Crippen molar-refractivity contribution in [1.29, 1.82) is 5.26 Å². The number of sulfonamides is 1. The molecule has 2 aromatic rings. The van der Waals surface area contributed by atoms with Crippen LogP contribution in [0.1, 0.15) is 5.56 Å². The Morgan fingerprint density at radius 3 is 2.40 bits per heavy atom. The van der Waals surface area contributed by atoms with E-state index in [0.717, 1.165) is 18.2 Å². The topological polar surface area (TPSA) is 90.2 Å². The molecular formula is C13H9FN2O3S. The van der Waals surface area contributed by atoms with E-state index in [1.54, 1.807) is 0 Å². The Morgan fingerprint density at radius 1 is 1.15 bits per heavy atom. The molecule has 0 saturated heterocycles. The molecule has 0 unspecified atom stereocenters. The van der Waals surface area contributed by atoms with Crippen LogP contribution in [-0.2, 0) is 10.0 Å². The van der Waals surface area contributed by atoms with Crippen LogP contribution in [0.2, 0.25) is 0 Å². The second kappa shape index (κ2) is 5.19. The molecule has 102 valence electrons. The Labute approximate surface area is 115 Å². The summed E-state index contributed by atoms with van der Waals surface area (Å²) < 4.78 is 39.3. The van der Waals surface area contributed by atoms with Crippen LogP contribution in [-0.4, -0.2) is 13.5 Å². The van der Waals surface area contributed by atoms with Gasteiger partial charge in [-0.1, -0.05) is 0 Å². The standard InChI is InChI=1S/C13H9FN2O3S/c14-10-3-6-12(17)13(7-10)20(18,19)16-11-4-1-9(8-15)2-5-11/h1-7,16-17H. The summed E-state index contributed by atoms with van der Waals surface area (Å²) >= 11 is 0. The van der Waals surface area contributed by atoms with Crippen molar-refractivity contribution in [1.82, 2.24) is 0 Å².